The quantitative estimate of drug-likeness (QED) is 0.564. The molecule has 0 N–H and O–H groups in total. The molecule has 0 aromatic heterocycles. The van der Waals surface area contributed by atoms with Gasteiger partial charge in [-0.05, 0) is 30.7 Å². The van der Waals surface area contributed by atoms with Crippen LogP contribution in [0.1, 0.15) is 18.1 Å². The molecule has 7 heteroatoms. The summed E-state index contributed by atoms with van der Waals surface area (Å²) in [5, 5.41) is 5.82. The molecule has 0 heterocycles. The van der Waals surface area contributed by atoms with E-state index in [4.69, 9.17) is 26.0 Å². The lowest BCUT2D eigenvalue weighted by Gasteiger charge is -2.20. The Hall–Kier alpha value is -2.57. The molecule has 6 nitrogen and oxygen atoms in total. The third kappa shape index (κ3) is 4.95. The lowest BCUT2D eigenvalue weighted by Crippen LogP contribution is -2.30. The molecule has 2 aromatic rings. The number of ether oxygens (including phenoxy) is 1. The third-order valence-corrected chi connectivity index (χ3v) is 3.67. The third-order valence-electron chi connectivity index (χ3n) is 3.42. The average molecular weight is 363 g/mol. The number of rotatable bonds is 6. The Kier molecular flexibility index (Phi) is 6.80. The number of halogens is 1. The summed E-state index contributed by atoms with van der Waals surface area (Å²) in [4.78, 5) is 22.3. The molecule has 0 spiro atoms. The maximum absolute atomic E-state index is 11.8. The average Bonchev–Trinajstić information content (AvgIpc) is 2.63. The number of benzene rings is 2. The second kappa shape index (κ2) is 9.05. The monoisotopic (exact) mass is 362 g/mol. The lowest BCUT2D eigenvalue weighted by molar-refractivity contribution is 0.111. The molecular formula is C18H19ClN2O4. The molecule has 0 saturated heterocycles. The van der Waals surface area contributed by atoms with E-state index in [-0.39, 0.29) is 6.61 Å². The zero-order valence-corrected chi connectivity index (χ0v) is 15.0. The summed E-state index contributed by atoms with van der Waals surface area (Å²) in [7, 11) is 2.67. The van der Waals surface area contributed by atoms with Crippen LogP contribution in [0.25, 0.3) is 0 Å². The predicted molar refractivity (Wildman–Crippen MR) is 96.8 cm³/mol. The molecule has 0 aliphatic heterocycles. The molecule has 0 saturated carbocycles. The zero-order chi connectivity index (χ0) is 18.2. The van der Waals surface area contributed by atoms with Gasteiger partial charge in [-0.1, -0.05) is 47.1 Å². The van der Waals surface area contributed by atoms with E-state index in [0.29, 0.717) is 16.4 Å². The van der Waals surface area contributed by atoms with Crippen molar-refractivity contribution in [2.75, 3.05) is 19.3 Å². The van der Waals surface area contributed by atoms with Crippen LogP contribution in [-0.2, 0) is 21.0 Å². The molecule has 0 bridgehead atoms. The van der Waals surface area contributed by atoms with Crippen molar-refractivity contribution in [1.82, 2.24) is 0 Å². The fraction of sp³-hybridized carbons (Fsp3) is 0.222. The number of hydroxylamine groups is 1. The minimum atomic E-state index is -0.629. The second-order valence-electron chi connectivity index (χ2n) is 5.03. The molecular weight excluding hydrogens is 344 g/mol. The number of methoxy groups -OCH3 is 1. The van der Waals surface area contributed by atoms with Gasteiger partial charge < -0.3 is 9.57 Å². The van der Waals surface area contributed by atoms with Gasteiger partial charge in [-0.2, -0.15) is 5.06 Å². The molecule has 0 fully saturated rings. The Morgan fingerprint density at radius 3 is 2.44 bits per heavy atom. The summed E-state index contributed by atoms with van der Waals surface area (Å²) in [6.45, 7) is 2.00. The van der Waals surface area contributed by atoms with Gasteiger partial charge in [0, 0.05) is 10.6 Å². The first kappa shape index (κ1) is 18.8. The van der Waals surface area contributed by atoms with Crippen LogP contribution in [0, 0.1) is 0 Å². The van der Waals surface area contributed by atoms with Gasteiger partial charge in [0.2, 0.25) is 0 Å². The fourth-order valence-electron chi connectivity index (χ4n) is 2.13. The van der Waals surface area contributed by atoms with Crippen molar-refractivity contribution in [1.29, 1.82) is 0 Å². The van der Waals surface area contributed by atoms with E-state index in [2.05, 4.69) is 5.16 Å². The first-order chi connectivity index (χ1) is 12.1. The summed E-state index contributed by atoms with van der Waals surface area (Å²) >= 11 is 5.87. The molecule has 0 aliphatic carbocycles. The Bertz CT molecular complexity index is 747. The Morgan fingerprint density at radius 2 is 1.80 bits per heavy atom. The SMILES string of the molecule is COC(=O)N(OC)c1ccccc1CON=C(C)c1ccc(Cl)cc1. The van der Waals surface area contributed by atoms with Gasteiger partial charge in [-0.25, -0.2) is 4.79 Å². The van der Waals surface area contributed by atoms with Crippen molar-refractivity contribution >= 4 is 29.1 Å². The van der Waals surface area contributed by atoms with Gasteiger partial charge >= 0.3 is 6.09 Å². The molecule has 0 unspecified atom stereocenters. The van der Waals surface area contributed by atoms with Crippen molar-refractivity contribution < 1.29 is 19.2 Å². The van der Waals surface area contributed by atoms with Crippen LogP contribution in [0.2, 0.25) is 5.02 Å². The largest absolute Gasteiger partial charge is 0.451 e. The molecule has 1 amide bonds. The Balaban J connectivity index is 2.12. The lowest BCUT2D eigenvalue weighted by atomic mass is 10.1. The number of carbonyl (C=O) groups is 1. The molecule has 132 valence electrons. The zero-order valence-electron chi connectivity index (χ0n) is 14.2. The maximum atomic E-state index is 11.8. The number of hydrogen-bond acceptors (Lipinski definition) is 5. The number of carbonyl (C=O) groups excluding carboxylic acids is 1. The molecule has 2 aromatic carbocycles. The summed E-state index contributed by atoms with van der Waals surface area (Å²) in [6.07, 6.45) is -0.629. The smallest absolute Gasteiger partial charge is 0.438 e. The van der Waals surface area contributed by atoms with Crippen LogP contribution >= 0.6 is 11.6 Å². The highest BCUT2D eigenvalue weighted by atomic mass is 35.5. The molecule has 0 radical (unpaired) electrons. The van der Waals surface area contributed by atoms with E-state index < -0.39 is 6.09 Å². The van der Waals surface area contributed by atoms with Crippen LogP contribution < -0.4 is 5.06 Å². The first-order valence-electron chi connectivity index (χ1n) is 7.49. The van der Waals surface area contributed by atoms with Gasteiger partial charge in [0.05, 0.1) is 25.6 Å². The highest BCUT2D eigenvalue weighted by Gasteiger charge is 2.19. The van der Waals surface area contributed by atoms with Gasteiger partial charge in [0.1, 0.15) is 6.61 Å². The maximum Gasteiger partial charge on any atom is 0.438 e. The number of amides is 1. The van der Waals surface area contributed by atoms with Crippen molar-refractivity contribution in [3.63, 3.8) is 0 Å². The highest BCUT2D eigenvalue weighted by Crippen LogP contribution is 2.22. The minimum absolute atomic E-state index is 0.165. The number of oxime groups is 1. The van der Waals surface area contributed by atoms with Crippen molar-refractivity contribution in [3.05, 3.63) is 64.7 Å². The van der Waals surface area contributed by atoms with E-state index in [9.17, 15) is 4.79 Å². The van der Waals surface area contributed by atoms with Crippen LogP contribution in [0.3, 0.4) is 0 Å². The second-order valence-corrected chi connectivity index (χ2v) is 5.47. The van der Waals surface area contributed by atoms with Crippen molar-refractivity contribution in [2.24, 2.45) is 5.16 Å². The Labute approximate surface area is 151 Å². The van der Waals surface area contributed by atoms with Gasteiger partial charge in [-0.3, -0.25) is 4.84 Å². The van der Waals surface area contributed by atoms with E-state index >= 15 is 0 Å². The minimum Gasteiger partial charge on any atom is -0.451 e. The summed E-state index contributed by atoms with van der Waals surface area (Å²) in [6, 6.07) is 14.5. The predicted octanol–water partition coefficient (Wildman–Crippen LogP) is 4.42. The molecule has 0 aliphatic rings. The fourth-order valence-corrected chi connectivity index (χ4v) is 2.25. The van der Waals surface area contributed by atoms with Gasteiger partial charge in [0.15, 0.2) is 0 Å². The number of nitrogens with zero attached hydrogens (tertiary/aromatic N) is 2. The van der Waals surface area contributed by atoms with Crippen LogP contribution in [-0.4, -0.2) is 26.0 Å². The first-order valence-corrected chi connectivity index (χ1v) is 7.87. The number of anilines is 1. The molecule has 0 atom stereocenters. The Morgan fingerprint density at radius 1 is 1.12 bits per heavy atom. The van der Waals surface area contributed by atoms with Gasteiger partial charge in [-0.15, -0.1) is 0 Å². The van der Waals surface area contributed by atoms with E-state index in [1.165, 1.54) is 14.2 Å². The number of hydrogen-bond donors (Lipinski definition) is 0. The summed E-state index contributed by atoms with van der Waals surface area (Å²) < 4.78 is 4.71. The normalized spacial score (nSPS) is 11.1. The highest BCUT2D eigenvalue weighted by molar-refractivity contribution is 6.30. The number of para-hydroxylation sites is 1. The topological polar surface area (TPSA) is 60.4 Å². The molecule has 25 heavy (non-hydrogen) atoms. The van der Waals surface area contributed by atoms with Crippen LogP contribution in [0.15, 0.2) is 53.7 Å². The summed E-state index contributed by atoms with van der Waals surface area (Å²) in [5.74, 6) is 0. The van der Waals surface area contributed by atoms with E-state index in [0.717, 1.165) is 16.2 Å². The van der Waals surface area contributed by atoms with E-state index in [1.54, 1.807) is 24.3 Å². The van der Waals surface area contributed by atoms with Crippen LogP contribution in [0.4, 0.5) is 10.5 Å². The van der Waals surface area contributed by atoms with Crippen molar-refractivity contribution in [2.45, 2.75) is 13.5 Å². The van der Waals surface area contributed by atoms with Crippen molar-refractivity contribution in [3.8, 4) is 0 Å². The van der Waals surface area contributed by atoms with Crippen LogP contribution in [0.5, 0.6) is 0 Å². The standard InChI is InChI=1S/C18H19ClN2O4/c1-13(14-8-10-16(19)11-9-14)20-25-12-15-6-4-5-7-17(15)21(24-3)18(22)23-2/h4-11H,12H2,1-3H3. The van der Waals surface area contributed by atoms with Gasteiger partial charge in [0.25, 0.3) is 0 Å². The summed E-state index contributed by atoms with van der Waals surface area (Å²) in [5.41, 5.74) is 2.87. The van der Waals surface area contributed by atoms with E-state index in [1.807, 2.05) is 31.2 Å². The molecule has 2 rings (SSSR count).